The van der Waals surface area contributed by atoms with Gasteiger partial charge in [0.2, 0.25) is 0 Å². The van der Waals surface area contributed by atoms with E-state index in [2.05, 4.69) is 25.5 Å². The second-order valence-corrected chi connectivity index (χ2v) is 5.19. The molecule has 2 heterocycles. The Morgan fingerprint density at radius 1 is 1.30 bits per heavy atom. The Labute approximate surface area is 121 Å². The predicted octanol–water partition coefficient (Wildman–Crippen LogP) is 1.58. The van der Waals surface area contributed by atoms with Crippen LogP contribution in [0.15, 0.2) is 15.0 Å². The van der Waals surface area contributed by atoms with Crippen molar-refractivity contribution >= 4 is 17.6 Å². The van der Waals surface area contributed by atoms with E-state index >= 15 is 0 Å². The fourth-order valence-electron chi connectivity index (χ4n) is 1.79. The summed E-state index contributed by atoms with van der Waals surface area (Å²) in [5.41, 5.74) is 0.755. The number of hydrogen-bond donors (Lipinski definition) is 2. The monoisotopic (exact) mass is 294 g/mol. The molecule has 2 N–H and O–H groups in total. The van der Waals surface area contributed by atoms with Gasteiger partial charge < -0.3 is 5.32 Å². The quantitative estimate of drug-likeness (QED) is 0.814. The molecule has 0 aliphatic heterocycles. The zero-order chi connectivity index (χ0) is 14.7. The number of aromatic amines is 1. The molecule has 108 valence electrons. The highest BCUT2D eigenvalue weighted by atomic mass is 32.2. The second-order valence-electron chi connectivity index (χ2n) is 4.24. The second kappa shape index (κ2) is 6.08. The Balaban J connectivity index is 2.40. The Morgan fingerprint density at radius 3 is 2.70 bits per heavy atom. The van der Waals surface area contributed by atoms with Crippen molar-refractivity contribution in [3.8, 4) is 0 Å². The van der Waals surface area contributed by atoms with Crippen LogP contribution in [-0.2, 0) is 6.54 Å². The molecule has 0 aliphatic carbocycles. The Morgan fingerprint density at radius 2 is 2.05 bits per heavy atom. The largest absolute Gasteiger partial charge is 0.370 e. The van der Waals surface area contributed by atoms with Crippen molar-refractivity contribution in [2.45, 2.75) is 44.4 Å². The molecule has 20 heavy (non-hydrogen) atoms. The summed E-state index contributed by atoms with van der Waals surface area (Å²) in [4.78, 5) is 20.4. The van der Waals surface area contributed by atoms with E-state index in [0.717, 1.165) is 23.0 Å². The lowest BCUT2D eigenvalue weighted by molar-refractivity contribution is 0.659. The van der Waals surface area contributed by atoms with Crippen LogP contribution in [0.3, 0.4) is 0 Å². The summed E-state index contributed by atoms with van der Waals surface area (Å²) >= 11 is 1.37. The molecule has 0 fully saturated rings. The van der Waals surface area contributed by atoms with Gasteiger partial charge >= 0.3 is 5.69 Å². The van der Waals surface area contributed by atoms with Crippen LogP contribution in [0.2, 0.25) is 0 Å². The minimum atomic E-state index is -0.203. The van der Waals surface area contributed by atoms with Gasteiger partial charge in [0, 0.05) is 18.7 Å². The van der Waals surface area contributed by atoms with Gasteiger partial charge in [-0.05, 0) is 39.5 Å². The molecule has 0 amide bonds. The zero-order valence-electron chi connectivity index (χ0n) is 12.0. The van der Waals surface area contributed by atoms with Crippen LogP contribution in [0.25, 0.3) is 0 Å². The van der Waals surface area contributed by atoms with E-state index in [-0.39, 0.29) is 5.69 Å². The van der Waals surface area contributed by atoms with E-state index in [0.29, 0.717) is 17.5 Å². The van der Waals surface area contributed by atoms with Crippen molar-refractivity contribution in [2.24, 2.45) is 0 Å². The average Bonchev–Trinajstić information content (AvgIpc) is 2.75. The van der Waals surface area contributed by atoms with Gasteiger partial charge in [-0.2, -0.15) is 0 Å². The third-order valence-electron chi connectivity index (χ3n) is 2.78. The van der Waals surface area contributed by atoms with Gasteiger partial charge in [-0.1, -0.05) is 0 Å². The molecule has 0 spiro atoms. The minimum absolute atomic E-state index is 0.203. The number of hydrogen-bond acceptors (Lipinski definition) is 6. The molecule has 8 heteroatoms. The lowest BCUT2D eigenvalue weighted by Crippen LogP contribution is -2.16. The highest BCUT2D eigenvalue weighted by Gasteiger charge is 2.14. The van der Waals surface area contributed by atoms with E-state index in [1.54, 1.807) is 4.57 Å². The SMILES string of the molecule is CCNc1nc(C)nc(Sc2n[nH]c(=O)n2CC)c1C. The predicted molar refractivity (Wildman–Crippen MR) is 78.3 cm³/mol. The highest BCUT2D eigenvalue weighted by molar-refractivity contribution is 7.99. The normalized spacial score (nSPS) is 10.8. The molecular weight excluding hydrogens is 276 g/mol. The van der Waals surface area contributed by atoms with Crippen molar-refractivity contribution in [1.82, 2.24) is 24.7 Å². The molecule has 0 unspecified atom stereocenters. The Bertz CT molecular complexity index is 662. The lowest BCUT2D eigenvalue weighted by atomic mass is 10.3. The Hall–Kier alpha value is -1.83. The third-order valence-corrected chi connectivity index (χ3v) is 3.87. The molecule has 0 aliphatic rings. The summed E-state index contributed by atoms with van der Waals surface area (Å²) in [6.45, 7) is 9.10. The van der Waals surface area contributed by atoms with Crippen LogP contribution in [0.5, 0.6) is 0 Å². The van der Waals surface area contributed by atoms with E-state index in [1.807, 2.05) is 27.7 Å². The number of H-pyrrole nitrogens is 1. The molecular formula is C12H18N6OS. The maximum absolute atomic E-state index is 11.6. The van der Waals surface area contributed by atoms with Crippen molar-refractivity contribution in [3.05, 3.63) is 21.9 Å². The summed E-state index contributed by atoms with van der Waals surface area (Å²) in [7, 11) is 0. The van der Waals surface area contributed by atoms with Gasteiger partial charge in [0.25, 0.3) is 0 Å². The van der Waals surface area contributed by atoms with Gasteiger partial charge in [0.15, 0.2) is 5.16 Å². The first-order valence-corrected chi connectivity index (χ1v) is 7.30. The first-order chi connectivity index (χ1) is 9.56. The first kappa shape index (κ1) is 14.6. The number of rotatable bonds is 5. The summed E-state index contributed by atoms with van der Waals surface area (Å²) in [5.74, 6) is 1.51. The van der Waals surface area contributed by atoms with Gasteiger partial charge in [-0.3, -0.25) is 4.57 Å². The highest BCUT2D eigenvalue weighted by Crippen LogP contribution is 2.29. The molecule has 0 aromatic carbocycles. The molecule has 7 nitrogen and oxygen atoms in total. The fraction of sp³-hybridized carbons (Fsp3) is 0.500. The molecule has 0 saturated carbocycles. The van der Waals surface area contributed by atoms with E-state index < -0.39 is 0 Å². The van der Waals surface area contributed by atoms with Crippen molar-refractivity contribution < 1.29 is 0 Å². The molecule has 2 aromatic heterocycles. The van der Waals surface area contributed by atoms with Crippen LogP contribution < -0.4 is 11.0 Å². The summed E-state index contributed by atoms with van der Waals surface area (Å²) in [6.07, 6.45) is 0. The average molecular weight is 294 g/mol. The summed E-state index contributed by atoms with van der Waals surface area (Å²) < 4.78 is 1.58. The maximum Gasteiger partial charge on any atom is 0.343 e. The molecule has 0 radical (unpaired) electrons. The van der Waals surface area contributed by atoms with Crippen LogP contribution in [0, 0.1) is 13.8 Å². The number of aryl methyl sites for hydroxylation is 1. The first-order valence-electron chi connectivity index (χ1n) is 6.49. The zero-order valence-corrected chi connectivity index (χ0v) is 12.8. The van der Waals surface area contributed by atoms with Crippen molar-refractivity contribution in [1.29, 1.82) is 0 Å². The van der Waals surface area contributed by atoms with E-state index in [9.17, 15) is 4.79 Å². The van der Waals surface area contributed by atoms with Crippen LogP contribution in [-0.4, -0.2) is 31.3 Å². The fourth-order valence-corrected chi connectivity index (χ4v) is 2.80. The van der Waals surface area contributed by atoms with E-state index in [4.69, 9.17) is 0 Å². The molecule has 2 rings (SSSR count). The van der Waals surface area contributed by atoms with Gasteiger partial charge in [-0.15, -0.1) is 5.10 Å². The topological polar surface area (TPSA) is 88.5 Å². The maximum atomic E-state index is 11.6. The lowest BCUT2D eigenvalue weighted by Gasteiger charge is -2.11. The Kier molecular flexibility index (Phi) is 4.43. The van der Waals surface area contributed by atoms with Gasteiger partial charge in [0.1, 0.15) is 16.7 Å². The molecule has 2 aromatic rings. The minimum Gasteiger partial charge on any atom is -0.370 e. The van der Waals surface area contributed by atoms with Crippen LogP contribution in [0.1, 0.15) is 25.2 Å². The van der Waals surface area contributed by atoms with E-state index in [1.165, 1.54) is 11.8 Å². The van der Waals surface area contributed by atoms with Crippen molar-refractivity contribution in [2.75, 3.05) is 11.9 Å². The number of nitrogens with one attached hydrogen (secondary N) is 2. The molecule has 0 bridgehead atoms. The standard InChI is InChI=1S/C12H18N6OS/c1-5-13-9-7(3)10(15-8(4)14-9)20-12-17-16-11(19)18(12)6-2/h5-6H2,1-4H3,(H,16,19)(H,13,14,15). The van der Waals surface area contributed by atoms with Gasteiger partial charge in [-0.25, -0.2) is 19.9 Å². The molecule has 0 atom stereocenters. The number of nitrogens with zero attached hydrogens (tertiary/aromatic N) is 4. The smallest absolute Gasteiger partial charge is 0.343 e. The molecule has 0 saturated heterocycles. The third kappa shape index (κ3) is 2.84. The van der Waals surface area contributed by atoms with Crippen LogP contribution in [0.4, 0.5) is 5.82 Å². The summed E-state index contributed by atoms with van der Waals surface area (Å²) in [5, 5.41) is 11.1. The number of aromatic nitrogens is 5. The summed E-state index contributed by atoms with van der Waals surface area (Å²) in [6, 6.07) is 0. The number of anilines is 1. The van der Waals surface area contributed by atoms with Gasteiger partial charge in [0.05, 0.1) is 0 Å². The van der Waals surface area contributed by atoms with Crippen LogP contribution >= 0.6 is 11.8 Å². The van der Waals surface area contributed by atoms with Crippen molar-refractivity contribution in [3.63, 3.8) is 0 Å².